The topological polar surface area (TPSA) is 50.4 Å². The lowest BCUT2D eigenvalue weighted by molar-refractivity contribution is -0.116. The summed E-state index contributed by atoms with van der Waals surface area (Å²) in [4.78, 5) is 13.8. The van der Waals surface area contributed by atoms with Crippen LogP contribution in [0.1, 0.15) is 35.9 Å². The van der Waals surface area contributed by atoms with Gasteiger partial charge in [-0.15, -0.1) is 0 Å². The SMILES string of the molecule is COc1ccc([C@@H]2CC(=O)C3=C(C2)Nc2ccccc2N[C@@H]3c2cccc3ccccc23)cc1. The van der Waals surface area contributed by atoms with Gasteiger partial charge in [-0.25, -0.2) is 0 Å². The average Bonchev–Trinajstić information content (AvgIpc) is 3.05. The van der Waals surface area contributed by atoms with Crippen LogP contribution in [0.25, 0.3) is 10.8 Å². The summed E-state index contributed by atoms with van der Waals surface area (Å²) in [5.41, 5.74) is 6.14. The highest BCUT2D eigenvalue weighted by molar-refractivity contribution is 6.02. The number of hydrogen-bond acceptors (Lipinski definition) is 4. The number of benzene rings is 4. The first-order valence-corrected chi connectivity index (χ1v) is 11.7. The Balaban J connectivity index is 1.48. The Morgan fingerprint density at radius 3 is 2.35 bits per heavy atom. The van der Waals surface area contributed by atoms with E-state index in [-0.39, 0.29) is 17.7 Å². The predicted molar refractivity (Wildman–Crippen MR) is 137 cm³/mol. The van der Waals surface area contributed by atoms with E-state index in [1.807, 2.05) is 24.3 Å². The molecule has 1 aliphatic heterocycles. The maximum atomic E-state index is 13.8. The number of carbonyl (C=O) groups excluding carboxylic acids is 1. The van der Waals surface area contributed by atoms with Gasteiger partial charge in [0.25, 0.3) is 0 Å². The number of fused-ring (bicyclic) bond motifs is 2. The number of ketones is 1. The van der Waals surface area contributed by atoms with Gasteiger partial charge in [0.05, 0.1) is 24.5 Å². The quantitative estimate of drug-likeness (QED) is 0.362. The van der Waals surface area contributed by atoms with E-state index >= 15 is 0 Å². The van der Waals surface area contributed by atoms with Crippen LogP contribution in [-0.4, -0.2) is 12.9 Å². The van der Waals surface area contributed by atoms with Gasteiger partial charge in [-0.3, -0.25) is 4.79 Å². The van der Waals surface area contributed by atoms with Crippen molar-refractivity contribution in [3.63, 3.8) is 0 Å². The molecule has 34 heavy (non-hydrogen) atoms. The standard InChI is InChI=1S/C30H26N2O2/c1-34-22-15-13-19(14-16-22)21-17-27-29(28(33)18-21)30(32-26-12-5-4-11-25(26)31-27)24-10-6-8-20-7-2-3-9-23(20)24/h2-16,21,30-32H,17-18H2,1H3/t21-,30+/m0/s1. The van der Waals surface area contributed by atoms with E-state index in [1.165, 1.54) is 10.8 Å². The van der Waals surface area contributed by atoms with Gasteiger partial charge >= 0.3 is 0 Å². The summed E-state index contributed by atoms with van der Waals surface area (Å²) in [5, 5.41) is 9.68. The Labute approximate surface area is 199 Å². The van der Waals surface area contributed by atoms with Crippen molar-refractivity contribution in [2.45, 2.75) is 24.8 Å². The molecule has 2 aliphatic rings. The zero-order chi connectivity index (χ0) is 23.1. The third-order valence-electron chi connectivity index (χ3n) is 7.03. The highest BCUT2D eigenvalue weighted by atomic mass is 16.5. The summed E-state index contributed by atoms with van der Waals surface area (Å²) in [6.45, 7) is 0. The van der Waals surface area contributed by atoms with E-state index in [1.54, 1.807) is 7.11 Å². The van der Waals surface area contributed by atoms with Gasteiger partial charge in [0, 0.05) is 17.7 Å². The minimum Gasteiger partial charge on any atom is -0.497 e. The van der Waals surface area contributed by atoms with Crippen LogP contribution in [0.2, 0.25) is 0 Å². The molecule has 0 saturated carbocycles. The fourth-order valence-corrected chi connectivity index (χ4v) is 5.34. The molecule has 6 rings (SSSR count). The predicted octanol–water partition coefficient (Wildman–Crippen LogP) is 6.83. The van der Waals surface area contributed by atoms with Crippen molar-refractivity contribution >= 4 is 27.9 Å². The van der Waals surface area contributed by atoms with Crippen molar-refractivity contribution in [2.75, 3.05) is 17.7 Å². The molecular weight excluding hydrogens is 420 g/mol. The summed E-state index contributed by atoms with van der Waals surface area (Å²) in [5.74, 6) is 1.14. The summed E-state index contributed by atoms with van der Waals surface area (Å²) < 4.78 is 5.32. The van der Waals surface area contributed by atoms with Crippen molar-refractivity contribution in [3.05, 3.63) is 113 Å². The number of ether oxygens (including phenoxy) is 1. The second-order valence-electron chi connectivity index (χ2n) is 9.01. The monoisotopic (exact) mass is 446 g/mol. The highest BCUT2D eigenvalue weighted by Crippen LogP contribution is 2.45. The molecule has 0 spiro atoms. The van der Waals surface area contributed by atoms with Crippen molar-refractivity contribution in [3.8, 4) is 5.75 Å². The van der Waals surface area contributed by atoms with Gasteiger partial charge in [0.1, 0.15) is 5.75 Å². The first kappa shape index (κ1) is 20.5. The fourth-order valence-electron chi connectivity index (χ4n) is 5.34. The number of methoxy groups -OCH3 is 1. The van der Waals surface area contributed by atoms with Gasteiger partial charge in [-0.05, 0) is 58.5 Å². The van der Waals surface area contributed by atoms with Crippen molar-refractivity contribution in [1.82, 2.24) is 0 Å². The molecule has 4 nitrogen and oxygen atoms in total. The van der Waals surface area contributed by atoms with Crippen LogP contribution in [0.15, 0.2) is 102 Å². The van der Waals surface area contributed by atoms with E-state index in [4.69, 9.17) is 4.74 Å². The molecule has 0 fully saturated rings. The number of allylic oxidation sites excluding steroid dienone is 1. The first-order valence-electron chi connectivity index (χ1n) is 11.7. The molecule has 0 unspecified atom stereocenters. The Kier molecular flexibility index (Phi) is 5.06. The minimum absolute atomic E-state index is 0.128. The van der Waals surface area contributed by atoms with Crippen LogP contribution in [0.4, 0.5) is 11.4 Å². The molecule has 2 atom stereocenters. The van der Waals surface area contributed by atoms with Crippen LogP contribution in [0, 0.1) is 0 Å². The second kappa shape index (κ2) is 8.38. The Hall–Kier alpha value is -4.05. The van der Waals surface area contributed by atoms with E-state index in [9.17, 15) is 4.79 Å². The molecule has 0 saturated heterocycles. The minimum atomic E-state index is -0.221. The second-order valence-corrected chi connectivity index (χ2v) is 9.01. The zero-order valence-corrected chi connectivity index (χ0v) is 19.0. The molecule has 1 aliphatic carbocycles. The molecule has 168 valence electrons. The van der Waals surface area contributed by atoms with Gasteiger partial charge in [-0.2, -0.15) is 0 Å². The van der Waals surface area contributed by atoms with Gasteiger partial charge < -0.3 is 15.4 Å². The third-order valence-corrected chi connectivity index (χ3v) is 7.03. The van der Waals surface area contributed by atoms with Crippen molar-refractivity contribution < 1.29 is 9.53 Å². The van der Waals surface area contributed by atoms with E-state index in [0.29, 0.717) is 6.42 Å². The van der Waals surface area contributed by atoms with Crippen LogP contribution in [0.3, 0.4) is 0 Å². The number of Topliss-reactive ketones (excluding diaryl/α,β-unsaturated/α-hetero) is 1. The molecule has 0 radical (unpaired) electrons. The van der Waals surface area contributed by atoms with Crippen LogP contribution >= 0.6 is 0 Å². The number of nitrogens with one attached hydrogen (secondary N) is 2. The Bertz CT molecular complexity index is 1420. The van der Waals surface area contributed by atoms with Crippen LogP contribution < -0.4 is 15.4 Å². The van der Waals surface area contributed by atoms with E-state index in [0.717, 1.165) is 45.9 Å². The lowest BCUT2D eigenvalue weighted by Gasteiger charge is -2.30. The number of anilines is 2. The number of rotatable bonds is 3. The maximum Gasteiger partial charge on any atom is 0.163 e. The molecule has 0 bridgehead atoms. The molecule has 4 aromatic carbocycles. The van der Waals surface area contributed by atoms with Crippen LogP contribution in [-0.2, 0) is 4.79 Å². The molecular formula is C30H26N2O2. The lowest BCUT2D eigenvalue weighted by Crippen LogP contribution is -2.27. The highest BCUT2D eigenvalue weighted by Gasteiger charge is 2.36. The van der Waals surface area contributed by atoms with Gasteiger partial charge in [0.15, 0.2) is 5.78 Å². The smallest absolute Gasteiger partial charge is 0.163 e. The third kappa shape index (κ3) is 3.52. The Morgan fingerprint density at radius 1 is 0.794 bits per heavy atom. The van der Waals surface area contributed by atoms with Crippen molar-refractivity contribution in [1.29, 1.82) is 0 Å². The molecule has 1 heterocycles. The molecule has 4 aromatic rings. The first-order chi connectivity index (χ1) is 16.7. The Morgan fingerprint density at radius 2 is 1.53 bits per heavy atom. The molecule has 0 amide bonds. The summed E-state index contributed by atoms with van der Waals surface area (Å²) in [6.07, 6.45) is 1.27. The average molecular weight is 447 g/mol. The van der Waals surface area contributed by atoms with Crippen LogP contribution in [0.5, 0.6) is 5.75 Å². The maximum absolute atomic E-state index is 13.8. The molecule has 0 aromatic heterocycles. The zero-order valence-electron chi connectivity index (χ0n) is 19.0. The van der Waals surface area contributed by atoms with Gasteiger partial charge in [0.2, 0.25) is 0 Å². The van der Waals surface area contributed by atoms with E-state index in [2.05, 4.69) is 77.4 Å². The van der Waals surface area contributed by atoms with Gasteiger partial charge in [-0.1, -0.05) is 66.7 Å². The largest absolute Gasteiger partial charge is 0.497 e. The van der Waals surface area contributed by atoms with Crippen molar-refractivity contribution in [2.24, 2.45) is 0 Å². The normalized spacial score (nSPS) is 19.5. The lowest BCUT2D eigenvalue weighted by atomic mass is 9.78. The summed E-state index contributed by atoms with van der Waals surface area (Å²) in [6, 6.07) is 30.8. The summed E-state index contributed by atoms with van der Waals surface area (Å²) >= 11 is 0. The number of carbonyl (C=O) groups is 1. The molecule has 4 heteroatoms. The van der Waals surface area contributed by atoms with E-state index < -0.39 is 0 Å². The number of hydrogen-bond donors (Lipinski definition) is 2. The fraction of sp³-hybridized carbons (Fsp3) is 0.167. The summed E-state index contributed by atoms with van der Waals surface area (Å²) in [7, 11) is 1.67. The number of para-hydroxylation sites is 2. The molecule has 2 N–H and O–H groups in total.